The highest BCUT2D eigenvalue weighted by molar-refractivity contribution is 7.94. The normalized spacial score (nSPS) is 15.6. The molecule has 0 aliphatic carbocycles. The zero-order chi connectivity index (χ0) is 19.6. The summed E-state index contributed by atoms with van der Waals surface area (Å²) >= 11 is 0. The second-order valence-electron chi connectivity index (χ2n) is 5.89. The van der Waals surface area contributed by atoms with Gasteiger partial charge in [-0.25, -0.2) is 17.1 Å². The van der Waals surface area contributed by atoms with Crippen LogP contribution in [-0.2, 0) is 14.8 Å². The van der Waals surface area contributed by atoms with Crippen LogP contribution in [0.5, 0.6) is 0 Å². The second kappa shape index (κ2) is 7.28. The van der Waals surface area contributed by atoms with E-state index in [2.05, 4.69) is 5.32 Å². The monoisotopic (exact) mass is 390 g/mol. The fourth-order valence-corrected chi connectivity index (χ4v) is 4.09. The number of ketones is 1. The molecule has 1 fully saturated rings. The molecule has 2 aromatic rings. The van der Waals surface area contributed by atoms with E-state index in [0.29, 0.717) is 4.31 Å². The third-order valence-electron chi connectivity index (χ3n) is 4.00. The summed E-state index contributed by atoms with van der Waals surface area (Å²) in [6, 6.07) is 10.5. The van der Waals surface area contributed by atoms with Crippen LogP contribution in [-0.4, -0.2) is 38.3 Å². The Morgan fingerprint density at radius 1 is 1.07 bits per heavy atom. The zero-order valence-corrected chi connectivity index (χ0v) is 14.8. The fraction of sp³-hybridized carbons (Fsp3) is 0.167. The van der Waals surface area contributed by atoms with Crippen LogP contribution in [0.15, 0.2) is 48.5 Å². The van der Waals surface area contributed by atoms with Crippen LogP contribution in [0, 0.1) is 5.82 Å². The van der Waals surface area contributed by atoms with Crippen molar-refractivity contribution in [1.82, 2.24) is 5.32 Å². The van der Waals surface area contributed by atoms with Crippen molar-refractivity contribution >= 4 is 33.3 Å². The average Bonchev–Trinajstić information content (AvgIpc) is 2.92. The molecule has 9 heteroatoms. The van der Waals surface area contributed by atoms with E-state index in [1.54, 1.807) is 0 Å². The minimum Gasteiger partial charge on any atom is -0.345 e. The molecule has 0 radical (unpaired) electrons. The number of halogens is 1. The molecule has 0 atom stereocenters. The highest BCUT2D eigenvalue weighted by Crippen LogP contribution is 2.25. The lowest BCUT2D eigenvalue weighted by Crippen LogP contribution is -2.31. The molecule has 2 aromatic carbocycles. The lowest BCUT2D eigenvalue weighted by Gasteiger charge is -2.15. The number of sulfonamides is 1. The van der Waals surface area contributed by atoms with Gasteiger partial charge in [0.1, 0.15) is 5.82 Å². The van der Waals surface area contributed by atoms with Crippen LogP contribution < -0.4 is 9.62 Å². The number of carbonyl (C=O) groups excluding carboxylic acids is 3. The SMILES string of the molecule is O=C(CNC(=O)c1cccc(N2C(=O)CCS2(=O)=O)c1)c1ccc(F)cc1. The summed E-state index contributed by atoms with van der Waals surface area (Å²) in [4.78, 5) is 36.1. The zero-order valence-electron chi connectivity index (χ0n) is 14.0. The Balaban J connectivity index is 1.71. The van der Waals surface area contributed by atoms with E-state index in [9.17, 15) is 27.2 Å². The van der Waals surface area contributed by atoms with Crippen LogP contribution in [0.2, 0.25) is 0 Å². The third-order valence-corrected chi connectivity index (χ3v) is 5.69. The van der Waals surface area contributed by atoms with E-state index >= 15 is 0 Å². The average molecular weight is 390 g/mol. The van der Waals surface area contributed by atoms with Crippen molar-refractivity contribution in [3.05, 3.63) is 65.5 Å². The summed E-state index contributed by atoms with van der Waals surface area (Å²) in [7, 11) is -3.73. The van der Waals surface area contributed by atoms with Crippen LogP contribution >= 0.6 is 0 Å². The number of Topliss-reactive ketones (excluding diaryl/α,β-unsaturated/α-hetero) is 1. The standard InChI is InChI=1S/C18H15FN2O5S/c19-14-6-4-12(5-7-14)16(22)11-20-18(24)13-2-1-3-15(10-13)21-17(23)8-9-27(21,25)26/h1-7,10H,8-9,11H2,(H,20,24). The summed E-state index contributed by atoms with van der Waals surface area (Å²) in [6.45, 7) is -0.310. The molecule has 1 aliphatic rings. The van der Waals surface area contributed by atoms with Crippen molar-refractivity contribution in [2.45, 2.75) is 6.42 Å². The van der Waals surface area contributed by atoms with Crippen LogP contribution in [0.25, 0.3) is 0 Å². The van der Waals surface area contributed by atoms with Gasteiger partial charge in [-0.2, -0.15) is 0 Å². The first kappa shape index (κ1) is 18.7. The molecular weight excluding hydrogens is 375 g/mol. The molecule has 3 rings (SSSR count). The van der Waals surface area contributed by atoms with E-state index in [4.69, 9.17) is 0 Å². The van der Waals surface area contributed by atoms with Crippen molar-refractivity contribution in [2.24, 2.45) is 0 Å². The van der Waals surface area contributed by atoms with Gasteiger partial charge in [0.2, 0.25) is 15.9 Å². The summed E-state index contributed by atoms with van der Waals surface area (Å²) in [5, 5.41) is 2.43. The van der Waals surface area contributed by atoms with Gasteiger partial charge in [0.05, 0.1) is 18.0 Å². The van der Waals surface area contributed by atoms with Crippen molar-refractivity contribution in [3.63, 3.8) is 0 Å². The number of nitrogens with zero attached hydrogens (tertiary/aromatic N) is 1. The number of nitrogens with one attached hydrogen (secondary N) is 1. The van der Waals surface area contributed by atoms with Gasteiger partial charge in [-0.3, -0.25) is 14.4 Å². The van der Waals surface area contributed by atoms with Gasteiger partial charge >= 0.3 is 0 Å². The molecule has 1 saturated heterocycles. The molecule has 0 aromatic heterocycles. The first-order chi connectivity index (χ1) is 12.8. The molecule has 0 saturated carbocycles. The van der Waals surface area contributed by atoms with Gasteiger partial charge in [0.25, 0.3) is 5.91 Å². The fourth-order valence-electron chi connectivity index (χ4n) is 2.64. The summed E-state index contributed by atoms with van der Waals surface area (Å²) in [5.74, 6) is -2.31. The maximum Gasteiger partial charge on any atom is 0.251 e. The van der Waals surface area contributed by atoms with Crippen molar-refractivity contribution in [3.8, 4) is 0 Å². The van der Waals surface area contributed by atoms with Gasteiger partial charge in [-0.1, -0.05) is 6.07 Å². The minimum atomic E-state index is -3.73. The Morgan fingerprint density at radius 2 is 1.78 bits per heavy atom. The number of amides is 2. The van der Waals surface area contributed by atoms with E-state index in [-0.39, 0.29) is 35.5 Å². The van der Waals surface area contributed by atoms with Gasteiger partial charge in [-0.15, -0.1) is 0 Å². The molecule has 1 N–H and O–H groups in total. The predicted molar refractivity (Wildman–Crippen MR) is 95.4 cm³/mol. The van der Waals surface area contributed by atoms with Crippen LogP contribution in [0.3, 0.4) is 0 Å². The topological polar surface area (TPSA) is 101 Å². The highest BCUT2D eigenvalue weighted by atomic mass is 32.2. The van der Waals surface area contributed by atoms with E-state index < -0.39 is 33.4 Å². The third kappa shape index (κ3) is 4.03. The maximum absolute atomic E-state index is 12.9. The first-order valence-corrected chi connectivity index (χ1v) is 9.62. The van der Waals surface area contributed by atoms with E-state index in [1.807, 2.05) is 0 Å². The quantitative estimate of drug-likeness (QED) is 0.780. The lowest BCUT2D eigenvalue weighted by molar-refractivity contribution is -0.116. The molecule has 7 nitrogen and oxygen atoms in total. The Bertz CT molecular complexity index is 1020. The molecule has 0 unspecified atom stereocenters. The summed E-state index contributed by atoms with van der Waals surface area (Å²) in [5.41, 5.74) is 0.434. The molecule has 0 bridgehead atoms. The molecule has 27 heavy (non-hydrogen) atoms. The number of rotatable bonds is 5. The highest BCUT2D eigenvalue weighted by Gasteiger charge is 2.36. The Morgan fingerprint density at radius 3 is 2.41 bits per heavy atom. The van der Waals surface area contributed by atoms with E-state index in [1.165, 1.54) is 36.4 Å². The first-order valence-electron chi connectivity index (χ1n) is 8.01. The summed E-state index contributed by atoms with van der Waals surface area (Å²) in [6.07, 6.45) is -0.106. The second-order valence-corrected chi connectivity index (χ2v) is 7.82. The van der Waals surface area contributed by atoms with Crippen LogP contribution in [0.4, 0.5) is 10.1 Å². The van der Waals surface area contributed by atoms with Gasteiger partial charge in [0.15, 0.2) is 5.78 Å². The summed E-state index contributed by atoms with van der Waals surface area (Å²) < 4.78 is 37.5. The maximum atomic E-state index is 12.9. The molecular formula is C18H15FN2O5S. The van der Waals surface area contributed by atoms with E-state index in [0.717, 1.165) is 12.1 Å². The Hall–Kier alpha value is -3.07. The van der Waals surface area contributed by atoms with Crippen molar-refractivity contribution in [1.29, 1.82) is 0 Å². The predicted octanol–water partition coefficient (Wildman–Crippen LogP) is 1.50. The molecule has 1 heterocycles. The number of hydrogen-bond acceptors (Lipinski definition) is 5. The smallest absolute Gasteiger partial charge is 0.251 e. The van der Waals surface area contributed by atoms with Crippen molar-refractivity contribution < 1.29 is 27.2 Å². The molecule has 2 amide bonds. The van der Waals surface area contributed by atoms with Crippen LogP contribution in [0.1, 0.15) is 27.1 Å². The van der Waals surface area contributed by atoms with Crippen molar-refractivity contribution in [2.75, 3.05) is 16.6 Å². The number of anilines is 1. The number of hydrogen-bond donors (Lipinski definition) is 1. The Kier molecular flexibility index (Phi) is 5.04. The number of carbonyl (C=O) groups is 3. The van der Waals surface area contributed by atoms with Gasteiger partial charge in [-0.05, 0) is 42.5 Å². The molecule has 140 valence electrons. The lowest BCUT2D eigenvalue weighted by atomic mass is 10.1. The Labute approximate surface area is 154 Å². The van der Waals surface area contributed by atoms with Gasteiger partial charge in [0, 0.05) is 17.5 Å². The van der Waals surface area contributed by atoms with Gasteiger partial charge < -0.3 is 5.32 Å². The molecule has 0 spiro atoms. The largest absolute Gasteiger partial charge is 0.345 e. The minimum absolute atomic E-state index is 0.0787. The molecule has 1 aliphatic heterocycles. The number of benzene rings is 2.